The zero-order valence-corrected chi connectivity index (χ0v) is 25.3. The summed E-state index contributed by atoms with van der Waals surface area (Å²) in [6.07, 6.45) is 2.02. The van der Waals surface area contributed by atoms with Gasteiger partial charge in [0.25, 0.3) is 0 Å². The van der Waals surface area contributed by atoms with Crippen LogP contribution >= 0.6 is 0 Å². The standard InChI is InChI=1S/C32H37N7O5/c1-6-29(40)35-23-18-24(28(42-5)19-26(23)38(4)13-15-44-32(41)34-20(2)3)37-31-33-12-11-22(36-31)30-27-17-21-9-7-8-10-25(21)39(27)14-16-43-30/h6-12,17-20,30H,1,13-16H2,2-5H3,(H,34,41)(H,35,40)(H,33,36,37). The van der Waals surface area contributed by atoms with Crippen LogP contribution in [0.4, 0.5) is 27.8 Å². The van der Waals surface area contributed by atoms with Crippen molar-refractivity contribution in [3.63, 3.8) is 0 Å². The number of nitrogens with zero attached hydrogens (tertiary/aromatic N) is 4. The monoisotopic (exact) mass is 599 g/mol. The molecule has 2 aromatic carbocycles. The molecule has 12 nitrogen and oxygen atoms in total. The molecule has 0 radical (unpaired) electrons. The van der Waals surface area contributed by atoms with Crippen LogP contribution < -0.4 is 25.6 Å². The van der Waals surface area contributed by atoms with Gasteiger partial charge in [-0.2, -0.15) is 0 Å². The second-order valence-corrected chi connectivity index (χ2v) is 10.6. The van der Waals surface area contributed by atoms with Crippen molar-refractivity contribution in [3.05, 3.63) is 78.8 Å². The number of hydrogen-bond donors (Lipinski definition) is 3. The number of hydrogen-bond acceptors (Lipinski definition) is 9. The number of aromatic nitrogens is 3. The van der Waals surface area contributed by atoms with Gasteiger partial charge in [-0.05, 0) is 49.6 Å². The van der Waals surface area contributed by atoms with Crippen LogP contribution in [0.2, 0.25) is 0 Å². The second-order valence-electron chi connectivity index (χ2n) is 10.6. The average molecular weight is 600 g/mol. The first-order chi connectivity index (χ1) is 21.3. The van der Waals surface area contributed by atoms with Gasteiger partial charge < -0.3 is 39.6 Å². The zero-order chi connectivity index (χ0) is 31.2. The molecule has 1 atom stereocenters. The lowest BCUT2D eigenvalue weighted by molar-refractivity contribution is -0.111. The van der Waals surface area contributed by atoms with E-state index in [2.05, 4.69) is 50.3 Å². The Balaban J connectivity index is 1.40. The summed E-state index contributed by atoms with van der Waals surface area (Å²) in [5.74, 6) is 0.445. The molecule has 12 heteroatoms. The summed E-state index contributed by atoms with van der Waals surface area (Å²) in [7, 11) is 3.38. The maximum Gasteiger partial charge on any atom is 0.407 e. The number of amides is 2. The van der Waals surface area contributed by atoms with Gasteiger partial charge in [0, 0.05) is 37.4 Å². The van der Waals surface area contributed by atoms with E-state index in [4.69, 9.17) is 19.2 Å². The van der Waals surface area contributed by atoms with Crippen molar-refractivity contribution in [1.82, 2.24) is 19.9 Å². The number of ether oxygens (including phenoxy) is 3. The molecule has 2 aromatic heterocycles. The molecule has 0 saturated carbocycles. The molecule has 1 aliphatic heterocycles. The highest BCUT2D eigenvalue weighted by Crippen LogP contribution is 2.38. The van der Waals surface area contributed by atoms with Crippen molar-refractivity contribution in [1.29, 1.82) is 0 Å². The summed E-state index contributed by atoms with van der Waals surface area (Å²) in [6.45, 7) is 9.11. The van der Waals surface area contributed by atoms with Crippen LogP contribution in [-0.4, -0.2) is 66.5 Å². The van der Waals surface area contributed by atoms with Crippen molar-refractivity contribution in [3.8, 4) is 5.75 Å². The van der Waals surface area contributed by atoms with E-state index in [-0.39, 0.29) is 24.7 Å². The SMILES string of the molecule is C=CC(=O)Nc1cc(Nc2nccc(C3OCCn4c3cc3ccccc34)n2)c(OC)cc1N(C)CCOC(=O)NC(C)C. The van der Waals surface area contributed by atoms with Gasteiger partial charge in [0.05, 0.1) is 48.7 Å². The molecule has 4 aromatic rings. The molecule has 3 N–H and O–H groups in total. The van der Waals surface area contributed by atoms with Crippen LogP contribution in [0.1, 0.15) is 31.3 Å². The first-order valence-electron chi connectivity index (χ1n) is 14.4. The lowest BCUT2D eigenvalue weighted by Crippen LogP contribution is -2.33. The van der Waals surface area contributed by atoms with Crippen molar-refractivity contribution < 1.29 is 23.8 Å². The third-order valence-electron chi connectivity index (χ3n) is 7.14. The highest BCUT2D eigenvalue weighted by atomic mass is 16.5. The smallest absolute Gasteiger partial charge is 0.407 e. The Hall–Kier alpha value is -5.10. The van der Waals surface area contributed by atoms with E-state index in [1.807, 2.05) is 44.0 Å². The number of nitrogens with one attached hydrogen (secondary N) is 3. The highest BCUT2D eigenvalue weighted by molar-refractivity contribution is 6.02. The summed E-state index contributed by atoms with van der Waals surface area (Å²) in [4.78, 5) is 35.3. The van der Waals surface area contributed by atoms with Crippen LogP contribution in [0.5, 0.6) is 5.75 Å². The van der Waals surface area contributed by atoms with Gasteiger partial charge in [-0.3, -0.25) is 4.79 Å². The Morgan fingerprint density at radius 3 is 2.80 bits per heavy atom. The van der Waals surface area contributed by atoms with E-state index in [1.165, 1.54) is 6.08 Å². The van der Waals surface area contributed by atoms with Gasteiger partial charge in [-0.1, -0.05) is 24.8 Å². The van der Waals surface area contributed by atoms with E-state index < -0.39 is 6.09 Å². The maximum absolute atomic E-state index is 12.4. The molecule has 230 valence electrons. The minimum atomic E-state index is -0.493. The lowest BCUT2D eigenvalue weighted by atomic mass is 10.1. The molecule has 1 unspecified atom stereocenters. The van der Waals surface area contributed by atoms with Crippen molar-refractivity contribution in [2.24, 2.45) is 0 Å². The van der Waals surface area contributed by atoms with Crippen LogP contribution in [0, 0.1) is 0 Å². The van der Waals surface area contributed by atoms with Gasteiger partial charge in [-0.15, -0.1) is 0 Å². The molecule has 0 fully saturated rings. The minimum Gasteiger partial charge on any atom is -0.494 e. The summed E-state index contributed by atoms with van der Waals surface area (Å²) >= 11 is 0. The van der Waals surface area contributed by atoms with Crippen LogP contribution in [0.3, 0.4) is 0 Å². The number of carbonyl (C=O) groups is 2. The lowest BCUT2D eigenvalue weighted by Gasteiger charge is -2.26. The quantitative estimate of drug-likeness (QED) is 0.204. The number of likely N-dealkylation sites (N-methyl/N-ethyl adjacent to an activating group) is 1. The third-order valence-corrected chi connectivity index (χ3v) is 7.14. The third kappa shape index (κ3) is 6.76. The summed E-state index contributed by atoms with van der Waals surface area (Å²) in [6, 6.07) is 15.7. The average Bonchev–Trinajstić information content (AvgIpc) is 3.40. The van der Waals surface area contributed by atoms with Gasteiger partial charge in [-0.25, -0.2) is 14.8 Å². The Morgan fingerprint density at radius 2 is 2.02 bits per heavy atom. The topological polar surface area (TPSA) is 132 Å². The van der Waals surface area contributed by atoms with Gasteiger partial charge in [0.1, 0.15) is 18.5 Å². The number of anilines is 4. The molecule has 2 amide bonds. The predicted molar refractivity (Wildman–Crippen MR) is 170 cm³/mol. The van der Waals surface area contributed by atoms with Gasteiger partial charge in [0.15, 0.2) is 0 Å². The fraction of sp³-hybridized carbons (Fsp3) is 0.312. The molecule has 0 spiro atoms. The van der Waals surface area contributed by atoms with E-state index >= 15 is 0 Å². The van der Waals surface area contributed by atoms with Gasteiger partial charge >= 0.3 is 6.09 Å². The first kappa shape index (κ1) is 30.4. The molecule has 3 heterocycles. The summed E-state index contributed by atoms with van der Waals surface area (Å²) in [5.41, 5.74) is 4.58. The van der Waals surface area contributed by atoms with Crippen molar-refractivity contribution in [2.45, 2.75) is 32.5 Å². The van der Waals surface area contributed by atoms with E-state index in [1.54, 1.807) is 25.4 Å². The minimum absolute atomic E-state index is 0.0308. The van der Waals surface area contributed by atoms with Crippen LogP contribution in [-0.2, 0) is 20.8 Å². The van der Waals surface area contributed by atoms with E-state index in [9.17, 15) is 9.59 Å². The Labute approximate surface area is 256 Å². The van der Waals surface area contributed by atoms with Crippen LogP contribution in [0.15, 0.2) is 67.4 Å². The molecule has 1 aliphatic rings. The number of carbonyl (C=O) groups excluding carboxylic acids is 2. The number of fused-ring (bicyclic) bond motifs is 3. The van der Waals surface area contributed by atoms with Crippen LogP contribution in [0.25, 0.3) is 10.9 Å². The zero-order valence-electron chi connectivity index (χ0n) is 25.3. The highest BCUT2D eigenvalue weighted by Gasteiger charge is 2.26. The summed E-state index contributed by atoms with van der Waals surface area (Å²) in [5, 5.41) is 9.94. The fourth-order valence-electron chi connectivity index (χ4n) is 5.09. The number of methoxy groups -OCH3 is 1. The first-order valence-corrected chi connectivity index (χ1v) is 14.4. The largest absolute Gasteiger partial charge is 0.494 e. The second kappa shape index (κ2) is 13.5. The van der Waals surface area contributed by atoms with Crippen molar-refractivity contribution >= 4 is 45.9 Å². The number of benzene rings is 2. The molecule has 0 aliphatic carbocycles. The molecular weight excluding hydrogens is 562 g/mol. The molecule has 44 heavy (non-hydrogen) atoms. The number of para-hydroxylation sites is 1. The molecule has 0 saturated heterocycles. The Kier molecular flexibility index (Phi) is 9.29. The predicted octanol–water partition coefficient (Wildman–Crippen LogP) is 5.00. The van der Waals surface area contributed by atoms with E-state index in [0.29, 0.717) is 47.6 Å². The summed E-state index contributed by atoms with van der Waals surface area (Å²) < 4.78 is 19.4. The Bertz CT molecular complexity index is 1670. The normalized spacial score (nSPS) is 14.1. The Morgan fingerprint density at radius 1 is 1.20 bits per heavy atom. The maximum atomic E-state index is 12.4. The van der Waals surface area contributed by atoms with Crippen molar-refractivity contribution in [2.75, 3.05) is 49.4 Å². The molecule has 0 bridgehead atoms. The molecular formula is C32H37N7O5. The van der Waals surface area contributed by atoms with E-state index in [0.717, 1.165) is 23.1 Å². The fourth-order valence-corrected chi connectivity index (χ4v) is 5.09. The number of rotatable bonds is 11. The number of alkyl carbamates (subject to hydrolysis) is 1. The van der Waals surface area contributed by atoms with Gasteiger partial charge in [0.2, 0.25) is 11.9 Å². The molecule has 5 rings (SSSR count).